The summed E-state index contributed by atoms with van der Waals surface area (Å²) in [5.41, 5.74) is 1.89. The Kier molecular flexibility index (Phi) is 5.18. The van der Waals surface area contributed by atoms with Gasteiger partial charge in [-0.2, -0.15) is 4.98 Å². The Morgan fingerprint density at radius 1 is 1.29 bits per heavy atom. The minimum absolute atomic E-state index is 0.637. The van der Waals surface area contributed by atoms with Crippen molar-refractivity contribution in [1.82, 2.24) is 9.97 Å². The lowest BCUT2D eigenvalue weighted by molar-refractivity contribution is 0.342. The molecule has 0 bridgehead atoms. The summed E-state index contributed by atoms with van der Waals surface area (Å²) in [6.07, 6.45) is 2.49. The monoisotopic (exact) mass is 326 g/mol. The third-order valence-corrected chi connectivity index (χ3v) is 4.23. The number of piperidine rings is 1. The van der Waals surface area contributed by atoms with E-state index >= 15 is 0 Å². The van der Waals surface area contributed by atoms with Gasteiger partial charge in [0.15, 0.2) is 0 Å². The van der Waals surface area contributed by atoms with Crippen molar-refractivity contribution >= 4 is 17.5 Å². The maximum absolute atomic E-state index is 5.68. The number of aryl methyl sites for hydroxylation is 1. The van der Waals surface area contributed by atoms with Crippen molar-refractivity contribution in [3.8, 4) is 5.75 Å². The fourth-order valence-corrected chi connectivity index (χ4v) is 3.12. The second-order valence-corrected chi connectivity index (χ2v) is 6.44. The zero-order valence-electron chi connectivity index (χ0n) is 14.7. The van der Waals surface area contributed by atoms with E-state index in [1.165, 1.54) is 12.8 Å². The molecule has 1 fully saturated rings. The highest BCUT2D eigenvalue weighted by Gasteiger charge is 2.19. The van der Waals surface area contributed by atoms with Gasteiger partial charge in [-0.1, -0.05) is 19.1 Å². The quantitative estimate of drug-likeness (QED) is 0.894. The summed E-state index contributed by atoms with van der Waals surface area (Å²) in [4.78, 5) is 11.7. The highest BCUT2D eigenvalue weighted by molar-refractivity contribution is 5.64. The van der Waals surface area contributed by atoms with E-state index < -0.39 is 0 Å². The van der Waals surface area contributed by atoms with Gasteiger partial charge < -0.3 is 15.0 Å². The molecule has 1 unspecified atom stereocenters. The first-order valence-electron chi connectivity index (χ1n) is 8.75. The van der Waals surface area contributed by atoms with Crippen molar-refractivity contribution in [3.63, 3.8) is 0 Å². The molecule has 128 valence electrons. The summed E-state index contributed by atoms with van der Waals surface area (Å²) in [5, 5.41) is 3.39. The average Bonchev–Trinajstić information content (AvgIpc) is 2.56. The molecule has 1 saturated heterocycles. The summed E-state index contributed by atoms with van der Waals surface area (Å²) >= 11 is 0. The first-order valence-corrected chi connectivity index (χ1v) is 8.75. The van der Waals surface area contributed by atoms with Crippen LogP contribution in [0.1, 0.15) is 32.4 Å². The number of hydrogen-bond donors (Lipinski definition) is 1. The molecule has 0 spiro atoms. The van der Waals surface area contributed by atoms with Crippen LogP contribution in [0.5, 0.6) is 5.75 Å². The number of nitrogens with zero attached hydrogens (tertiary/aromatic N) is 3. The van der Waals surface area contributed by atoms with E-state index in [4.69, 9.17) is 9.72 Å². The standard InChI is InChI=1S/C19H26N4O/c1-4-24-17-10-6-5-9-16(17)21-18-12-15(3)20-19(22-18)23-11-7-8-14(2)13-23/h5-6,9-10,12,14H,4,7-8,11,13H2,1-3H3,(H,20,21,22). The van der Waals surface area contributed by atoms with Gasteiger partial charge in [0.25, 0.3) is 0 Å². The number of anilines is 3. The van der Waals surface area contributed by atoms with E-state index in [2.05, 4.69) is 22.1 Å². The van der Waals surface area contributed by atoms with Gasteiger partial charge >= 0.3 is 0 Å². The lowest BCUT2D eigenvalue weighted by atomic mass is 10.0. The SMILES string of the molecule is CCOc1ccccc1Nc1cc(C)nc(N2CCCC(C)C2)n1. The summed E-state index contributed by atoms with van der Waals surface area (Å²) in [5.74, 6) is 3.16. The number of hydrogen-bond acceptors (Lipinski definition) is 5. The molecular formula is C19H26N4O. The zero-order valence-corrected chi connectivity index (χ0v) is 14.7. The van der Waals surface area contributed by atoms with Gasteiger partial charge in [-0.15, -0.1) is 0 Å². The smallest absolute Gasteiger partial charge is 0.227 e. The summed E-state index contributed by atoms with van der Waals surface area (Å²) in [7, 11) is 0. The molecule has 2 heterocycles. The topological polar surface area (TPSA) is 50.3 Å². The van der Waals surface area contributed by atoms with Crippen molar-refractivity contribution in [2.75, 3.05) is 29.9 Å². The van der Waals surface area contributed by atoms with Crippen LogP contribution >= 0.6 is 0 Å². The Labute approximate surface area is 144 Å². The molecule has 0 radical (unpaired) electrons. The van der Waals surface area contributed by atoms with Crippen molar-refractivity contribution in [2.24, 2.45) is 5.92 Å². The van der Waals surface area contributed by atoms with Crippen LogP contribution in [0.15, 0.2) is 30.3 Å². The lowest BCUT2D eigenvalue weighted by Gasteiger charge is -2.31. The molecule has 1 N–H and O–H groups in total. The summed E-state index contributed by atoms with van der Waals surface area (Å²) in [6.45, 7) is 8.98. The van der Waals surface area contributed by atoms with E-state index in [1.54, 1.807) is 0 Å². The first-order chi connectivity index (χ1) is 11.7. The Morgan fingerprint density at radius 3 is 2.92 bits per heavy atom. The molecule has 24 heavy (non-hydrogen) atoms. The van der Waals surface area contributed by atoms with E-state index in [9.17, 15) is 0 Å². The molecule has 1 aliphatic rings. The van der Waals surface area contributed by atoms with Crippen LogP contribution in [0, 0.1) is 12.8 Å². The molecule has 1 aromatic carbocycles. The maximum Gasteiger partial charge on any atom is 0.227 e. The average molecular weight is 326 g/mol. The Hall–Kier alpha value is -2.30. The van der Waals surface area contributed by atoms with Crippen molar-refractivity contribution in [1.29, 1.82) is 0 Å². The van der Waals surface area contributed by atoms with Crippen LogP contribution in [0.2, 0.25) is 0 Å². The number of benzene rings is 1. The van der Waals surface area contributed by atoms with Crippen LogP contribution in [0.3, 0.4) is 0 Å². The third kappa shape index (κ3) is 3.96. The predicted octanol–water partition coefficient (Wildman–Crippen LogP) is 4.16. The van der Waals surface area contributed by atoms with Gasteiger partial charge in [-0.3, -0.25) is 0 Å². The van der Waals surface area contributed by atoms with E-state index in [1.807, 2.05) is 44.2 Å². The van der Waals surface area contributed by atoms with Gasteiger partial charge in [0, 0.05) is 24.8 Å². The fraction of sp³-hybridized carbons (Fsp3) is 0.474. The number of para-hydroxylation sites is 2. The lowest BCUT2D eigenvalue weighted by Crippen LogP contribution is -2.35. The second-order valence-electron chi connectivity index (χ2n) is 6.44. The van der Waals surface area contributed by atoms with Crippen LogP contribution in [-0.2, 0) is 0 Å². The molecule has 0 aliphatic carbocycles. The Morgan fingerprint density at radius 2 is 2.12 bits per heavy atom. The van der Waals surface area contributed by atoms with Crippen LogP contribution < -0.4 is 15.0 Å². The molecule has 2 aromatic rings. The van der Waals surface area contributed by atoms with E-state index in [-0.39, 0.29) is 0 Å². The van der Waals surface area contributed by atoms with Crippen LogP contribution in [-0.4, -0.2) is 29.7 Å². The summed E-state index contributed by atoms with van der Waals surface area (Å²) in [6, 6.07) is 9.91. The first kappa shape index (κ1) is 16.6. The third-order valence-electron chi connectivity index (χ3n) is 4.23. The van der Waals surface area contributed by atoms with Gasteiger partial charge in [-0.25, -0.2) is 4.98 Å². The highest BCUT2D eigenvalue weighted by atomic mass is 16.5. The number of rotatable bonds is 5. The molecule has 0 saturated carbocycles. The number of aromatic nitrogens is 2. The maximum atomic E-state index is 5.68. The van der Waals surface area contributed by atoms with Gasteiger partial charge in [0.05, 0.1) is 12.3 Å². The molecule has 3 rings (SSSR count). The minimum atomic E-state index is 0.637. The van der Waals surface area contributed by atoms with Gasteiger partial charge in [0.2, 0.25) is 5.95 Å². The zero-order chi connectivity index (χ0) is 16.9. The number of nitrogens with one attached hydrogen (secondary N) is 1. The van der Waals surface area contributed by atoms with E-state index in [0.29, 0.717) is 12.5 Å². The highest BCUT2D eigenvalue weighted by Crippen LogP contribution is 2.28. The molecule has 1 atom stereocenters. The van der Waals surface area contributed by atoms with Gasteiger partial charge in [0.1, 0.15) is 11.6 Å². The Bertz CT molecular complexity index is 689. The molecule has 1 aromatic heterocycles. The largest absolute Gasteiger partial charge is 0.492 e. The van der Waals surface area contributed by atoms with Gasteiger partial charge in [-0.05, 0) is 44.7 Å². The normalized spacial score (nSPS) is 17.6. The fourth-order valence-electron chi connectivity index (χ4n) is 3.12. The van der Waals surface area contributed by atoms with Crippen molar-refractivity contribution < 1.29 is 4.74 Å². The van der Waals surface area contributed by atoms with Crippen LogP contribution in [0.25, 0.3) is 0 Å². The van der Waals surface area contributed by atoms with E-state index in [0.717, 1.165) is 42.0 Å². The molecule has 1 aliphatic heterocycles. The minimum Gasteiger partial charge on any atom is -0.492 e. The predicted molar refractivity (Wildman–Crippen MR) is 98.3 cm³/mol. The molecule has 5 heteroatoms. The number of ether oxygens (including phenoxy) is 1. The second kappa shape index (κ2) is 7.51. The van der Waals surface area contributed by atoms with Crippen molar-refractivity contribution in [2.45, 2.75) is 33.6 Å². The molecule has 5 nitrogen and oxygen atoms in total. The molecule has 0 amide bonds. The van der Waals surface area contributed by atoms with Crippen LogP contribution in [0.4, 0.5) is 17.5 Å². The molecular weight excluding hydrogens is 300 g/mol. The summed E-state index contributed by atoms with van der Waals surface area (Å²) < 4.78 is 5.68. The Balaban J connectivity index is 1.84. The van der Waals surface area contributed by atoms with Crippen molar-refractivity contribution in [3.05, 3.63) is 36.0 Å².